The third-order valence-corrected chi connectivity index (χ3v) is 7.30. The first kappa shape index (κ1) is 20.9. The van der Waals surface area contributed by atoms with Gasteiger partial charge < -0.3 is 10.6 Å². The molecule has 1 aliphatic rings. The number of fused-ring (bicyclic) bond motifs is 1. The van der Waals surface area contributed by atoms with Gasteiger partial charge in [0, 0.05) is 22.5 Å². The predicted molar refractivity (Wildman–Crippen MR) is 124 cm³/mol. The van der Waals surface area contributed by atoms with Gasteiger partial charge in [-0.2, -0.15) is 0 Å². The number of hydrogen-bond donors (Lipinski definition) is 2. The van der Waals surface area contributed by atoms with Crippen LogP contribution in [0, 0.1) is 0 Å². The summed E-state index contributed by atoms with van der Waals surface area (Å²) in [4.78, 5) is 29.2. The zero-order valence-electron chi connectivity index (χ0n) is 16.7. The van der Waals surface area contributed by atoms with Crippen molar-refractivity contribution in [3.8, 4) is 0 Å². The summed E-state index contributed by atoms with van der Waals surface area (Å²) in [5, 5.41) is 10.1. The lowest BCUT2D eigenvalue weighted by molar-refractivity contribution is -0.121. The van der Waals surface area contributed by atoms with Gasteiger partial charge >= 0.3 is 0 Å². The Balaban J connectivity index is 1.26. The van der Waals surface area contributed by atoms with Crippen LogP contribution >= 0.6 is 23.1 Å². The third-order valence-electron chi connectivity index (χ3n) is 5.23. The number of rotatable bonds is 7. The van der Waals surface area contributed by atoms with E-state index in [1.165, 1.54) is 42.4 Å². The molecule has 2 N–H and O–H groups in total. The Morgan fingerprint density at radius 1 is 1.03 bits per heavy atom. The molecule has 5 nitrogen and oxygen atoms in total. The molecule has 1 aromatic heterocycles. The van der Waals surface area contributed by atoms with E-state index in [1.807, 2.05) is 47.8 Å². The third kappa shape index (κ3) is 5.61. The summed E-state index contributed by atoms with van der Waals surface area (Å²) >= 11 is 2.88. The number of amides is 2. The minimum atomic E-state index is -0.0665. The molecule has 2 aromatic carbocycles. The number of nitrogens with one attached hydrogen (secondary N) is 2. The fourth-order valence-electron chi connectivity index (χ4n) is 3.77. The van der Waals surface area contributed by atoms with Crippen LogP contribution in [0.1, 0.15) is 37.8 Å². The van der Waals surface area contributed by atoms with E-state index >= 15 is 0 Å². The molecule has 0 bridgehead atoms. The summed E-state index contributed by atoms with van der Waals surface area (Å²) in [6.07, 6.45) is 6.13. The summed E-state index contributed by atoms with van der Waals surface area (Å²) in [5.74, 6) is 0.255. The summed E-state index contributed by atoms with van der Waals surface area (Å²) in [6, 6.07) is 14.2. The Morgan fingerprint density at radius 2 is 1.83 bits per heavy atom. The molecule has 2 amide bonds. The number of thiazole rings is 1. The van der Waals surface area contributed by atoms with E-state index in [2.05, 4.69) is 15.6 Å². The van der Waals surface area contributed by atoms with Crippen LogP contribution < -0.4 is 10.6 Å². The highest BCUT2D eigenvalue weighted by Crippen LogP contribution is 2.26. The van der Waals surface area contributed by atoms with Crippen LogP contribution in [0.15, 0.2) is 52.2 Å². The average molecular weight is 440 g/mol. The van der Waals surface area contributed by atoms with E-state index < -0.39 is 0 Å². The second kappa shape index (κ2) is 10.1. The van der Waals surface area contributed by atoms with Gasteiger partial charge in [0.1, 0.15) is 0 Å². The first-order valence-corrected chi connectivity index (χ1v) is 12.2. The molecule has 1 heterocycles. The van der Waals surface area contributed by atoms with Crippen molar-refractivity contribution in [1.82, 2.24) is 10.3 Å². The predicted octanol–water partition coefficient (Wildman–Crippen LogP) is 5.02. The Bertz CT molecular complexity index is 1020. The lowest BCUT2D eigenvalue weighted by Crippen LogP contribution is -2.37. The van der Waals surface area contributed by atoms with Crippen LogP contribution in [0.4, 0.5) is 5.69 Å². The first-order valence-electron chi connectivity index (χ1n) is 10.3. The van der Waals surface area contributed by atoms with Crippen molar-refractivity contribution < 1.29 is 9.59 Å². The number of aromatic nitrogens is 1. The average Bonchev–Trinajstić information content (AvgIpc) is 3.20. The van der Waals surface area contributed by atoms with Gasteiger partial charge in [-0.15, -0.1) is 11.3 Å². The minimum absolute atomic E-state index is 0.0393. The molecule has 3 aromatic rings. The first-order chi connectivity index (χ1) is 14.7. The molecule has 1 fully saturated rings. The van der Waals surface area contributed by atoms with E-state index in [0.717, 1.165) is 39.3 Å². The molecule has 7 heteroatoms. The fraction of sp³-hybridized carbons (Fsp3) is 0.348. The standard InChI is InChI=1S/C23H25N3O2S2/c27-21(24-17-9-2-1-3-10-17)13-18-14-29-23(25-18)30-15-22(28)26-20-12-6-8-16-7-4-5-11-19(16)20/h4-8,11-12,14,17H,1-3,9-10,13,15H2,(H,24,27)(H,26,28). The van der Waals surface area contributed by atoms with Crippen LogP contribution in [0.5, 0.6) is 0 Å². The molecule has 1 saturated carbocycles. The topological polar surface area (TPSA) is 71.1 Å². The largest absolute Gasteiger partial charge is 0.353 e. The molecule has 156 valence electrons. The van der Waals surface area contributed by atoms with Gasteiger partial charge in [0.2, 0.25) is 11.8 Å². The Labute approximate surface area is 184 Å². The molecular formula is C23H25N3O2S2. The summed E-state index contributed by atoms with van der Waals surface area (Å²) in [5.41, 5.74) is 1.59. The second-order valence-corrected chi connectivity index (χ2v) is 9.63. The van der Waals surface area contributed by atoms with Crippen molar-refractivity contribution in [3.05, 3.63) is 53.5 Å². The summed E-state index contributed by atoms with van der Waals surface area (Å²) < 4.78 is 0.809. The monoisotopic (exact) mass is 439 g/mol. The highest BCUT2D eigenvalue weighted by atomic mass is 32.2. The van der Waals surface area contributed by atoms with Crippen LogP contribution in [0.3, 0.4) is 0 Å². The fourth-order valence-corrected chi connectivity index (χ4v) is 5.42. The molecule has 0 spiro atoms. The van der Waals surface area contributed by atoms with E-state index in [4.69, 9.17) is 0 Å². The SMILES string of the molecule is O=C(CSc1nc(CC(=O)NC2CCCCC2)cs1)Nc1cccc2ccccc12. The van der Waals surface area contributed by atoms with Crippen molar-refractivity contribution in [2.75, 3.05) is 11.1 Å². The molecule has 1 aliphatic carbocycles. The van der Waals surface area contributed by atoms with Gasteiger partial charge in [-0.05, 0) is 24.3 Å². The number of carbonyl (C=O) groups excluding carboxylic acids is 2. The van der Waals surface area contributed by atoms with Gasteiger partial charge in [-0.1, -0.05) is 67.4 Å². The Hall–Kier alpha value is -2.38. The van der Waals surface area contributed by atoms with Crippen molar-refractivity contribution >= 4 is 51.4 Å². The summed E-state index contributed by atoms with van der Waals surface area (Å²) in [6.45, 7) is 0. The molecule has 0 radical (unpaired) electrons. The van der Waals surface area contributed by atoms with E-state index in [0.29, 0.717) is 12.5 Å². The molecule has 0 unspecified atom stereocenters. The van der Waals surface area contributed by atoms with Crippen LogP contribution in [0.25, 0.3) is 10.8 Å². The van der Waals surface area contributed by atoms with Gasteiger partial charge in [-0.3, -0.25) is 9.59 Å². The smallest absolute Gasteiger partial charge is 0.234 e. The zero-order valence-corrected chi connectivity index (χ0v) is 18.4. The maximum Gasteiger partial charge on any atom is 0.234 e. The van der Waals surface area contributed by atoms with Crippen LogP contribution in [-0.4, -0.2) is 28.6 Å². The zero-order chi connectivity index (χ0) is 20.8. The number of anilines is 1. The second-order valence-electron chi connectivity index (χ2n) is 7.55. The number of carbonyl (C=O) groups is 2. The van der Waals surface area contributed by atoms with E-state index in [1.54, 1.807) is 0 Å². The van der Waals surface area contributed by atoms with Crippen molar-refractivity contribution in [3.63, 3.8) is 0 Å². The van der Waals surface area contributed by atoms with E-state index in [9.17, 15) is 9.59 Å². The maximum absolute atomic E-state index is 12.4. The van der Waals surface area contributed by atoms with Gasteiger partial charge in [0.05, 0.1) is 17.9 Å². The number of benzene rings is 2. The molecule has 4 rings (SSSR count). The van der Waals surface area contributed by atoms with Crippen molar-refractivity contribution in [2.45, 2.75) is 48.9 Å². The highest BCUT2D eigenvalue weighted by Gasteiger charge is 2.17. The normalized spacial score (nSPS) is 14.5. The lowest BCUT2D eigenvalue weighted by Gasteiger charge is -2.22. The maximum atomic E-state index is 12.4. The molecule has 30 heavy (non-hydrogen) atoms. The van der Waals surface area contributed by atoms with Gasteiger partial charge in [0.25, 0.3) is 0 Å². The summed E-state index contributed by atoms with van der Waals surface area (Å²) in [7, 11) is 0. The molecule has 0 atom stereocenters. The van der Waals surface area contributed by atoms with Gasteiger partial charge in [-0.25, -0.2) is 4.98 Å². The quantitative estimate of drug-likeness (QED) is 0.507. The molecular weight excluding hydrogens is 414 g/mol. The van der Waals surface area contributed by atoms with Crippen molar-refractivity contribution in [2.24, 2.45) is 0 Å². The van der Waals surface area contributed by atoms with Crippen molar-refractivity contribution in [1.29, 1.82) is 0 Å². The Morgan fingerprint density at radius 3 is 2.70 bits per heavy atom. The minimum Gasteiger partial charge on any atom is -0.353 e. The number of hydrogen-bond acceptors (Lipinski definition) is 5. The Kier molecular flexibility index (Phi) is 7.02. The van der Waals surface area contributed by atoms with Crippen LogP contribution in [-0.2, 0) is 16.0 Å². The molecule has 0 aliphatic heterocycles. The lowest BCUT2D eigenvalue weighted by atomic mass is 9.95. The number of thioether (sulfide) groups is 1. The highest BCUT2D eigenvalue weighted by molar-refractivity contribution is 8.01. The van der Waals surface area contributed by atoms with Crippen LogP contribution in [0.2, 0.25) is 0 Å². The number of nitrogens with zero attached hydrogens (tertiary/aromatic N) is 1. The van der Waals surface area contributed by atoms with Gasteiger partial charge in [0.15, 0.2) is 4.34 Å². The molecule has 0 saturated heterocycles. The van der Waals surface area contributed by atoms with E-state index in [-0.39, 0.29) is 17.6 Å².